The molecule has 1 aromatic rings. The van der Waals surface area contributed by atoms with Crippen molar-refractivity contribution < 1.29 is 17.9 Å². The predicted molar refractivity (Wildman–Crippen MR) is 60.5 cm³/mol. The number of hydrogen-bond acceptors (Lipinski definition) is 3. The molecular formula is C11H16F3N3O. The van der Waals surface area contributed by atoms with Gasteiger partial charge in [-0.15, -0.1) is 0 Å². The molecule has 0 saturated carbocycles. The molecule has 1 aliphatic rings. The molecule has 2 N–H and O–H groups in total. The lowest BCUT2D eigenvalue weighted by Gasteiger charge is -2.24. The van der Waals surface area contributed by atoms with Crippen LogP contribution in [0.15, 0.2) is 0 Å². The Balaban J connectivity index is 2.07. The highest BCUT2D eigenvalue weighted by molar-refractivity contribution is 5.48. The Kier molecular flexibility index (Phi) is 3.79. The molecule has 2 rings (SSSR count). The minimum absolute atomic E-state index is 0.00461. The van der Waals surface area contributed by atoms with Crippen molar-refractivity contribution in [3.05, 3.63) is 11.3 Å². The fourth-order valence-corrected chi connectivity index (χ4v) is 2.19. The third kappa shape index (κ3) is 2.77. The van der Waals surface area contributed by atoms with Crippen LogP contribution in [0.3, 0.4) is 0 Å². The molecule has 4 nitrogen and oxygen atoms in total. The van der Waals surface area contributed by atoms with Crippen LogP contribution in [0.1, 0.15) is 17.7 Å². The summed E-state index contributed by atoms with van der Waals surface area (Å²) in [5, 5.41) is 9.82. The molecule has 1 atom stereocenters. The Morgan fingerprint density at radius 3 is 2.94 bits per heavy atom. The second-order valence-corrected chi connectivity index (χ2v) is 4.43. The monoisotopic (exact) mass is 263 g/mol. The van der Waals surface area contributed by atoms with Crippen LogP contribution >= 0.6 is 0 Å². The quantitative estimate of drug-likeness (QED) is 0.818. The lowest BCUT2D eigenvalue weighted by atomic mass is 9.87. The van der Waals surface area contributed by atoms with Crippen LogP contribution in [0.4, 0.5) is 19.0 Å². The summed E-state index contributed by atoms with van der Waals surface area (Å²) in [4.78, 5) is 0. The first-order valence-electron chi connectivity index (χ1n) is 5.88. The molecule has 0 amide bonds. The van der Waals surface area contributed by atoms with Gasteiger partial charge in [-0.3, -0.25) is 5.10 Å². The zero-order chi connectivity index (χ0) is 13.2. The second-order valence-electron chi connectivity index (χ2n) is 4.43. The van der Waals surface area contributed by atoms with Gasteiger partial charge in [-0.2, -0.15) is 18.3 Å². The highest BCUT2D eigenvalue weighted by Crippen LogP contribution is 2.38. The molecule has 102 valence electrons. The predicted octanol–water partition coefficient (Wildman–Crippen LogP) is 2.14. The number of ether oxygens (including phenoxy) is 1. The van der Waals surface area contributed by atoms with E-state index in [4.69, 9.17) is 4.74 Å². The van der Waals surface area contributed by atoms with Gasteiger partial charge in [0.2, 0.25) is 0 Å². The van der Waals surface area contributed by atoms with E-state index in [1.165, 1.54) is 0 Å². The van der Waals surface area contributed by atoms with Gasteiger partial charge in [-0.05, 0) is 19.3 Å². The Labute approximate surface area is 103 Å². The molecule has 1 unspecified atom stereocenters. The van der Waals surface area contributed by atoms with Crippen LogP contribution in [-0.4, -0.2) is 36.6 Å². The topological polar surface area (TPSA) is 49.9 Å². The second kappa shape index (κ2) is 5.17. The molecule has 1 aliphatic carbocycles. The van der Waals surface area contributed by atoms with Crippen LogP contribution < -0.4 is 5.32 Å². The number of rotatable bonds is 4. The average molecular weight is 263 g/mol. The van der Waals surface area contributed by atoms with Gasteiger partial charge in [-0.25, -0.2) is 0 Å². The summed E-state index contributed by atoms with van der Waals surface area (Å²) in [6.07, 6.45) is -3.59. The molecule has 0 aromatic carbocycles. The molecule has 7 heteroatoms. The van der Waals surface area contributed by atoms with E-state index in [1.54, 1.807) is 7.11 Å². The van der Waals surface area contributed by atoms with Gasteiger partial charge in [0.05, 0.1) is 12.5 Å². The van der Waals surface area contributed by atoms with E-state index in [2.05, 4.69) is 15.5 Å². The van der Waals surface area contributed by atoms with Crippen LogP contribution in [-0.2, 0) is 17.6 Å². The number of methoxy groups -OCH3 is 1. The van der Waals surface area contributed by atoms with Crippen LogP contribution in [0.5, 0.6) is 0 Å². The first-order chi connectivity index (χ1) is 8.52. The van der Waals surface area contributed by atoms with Gasteiger partial charge in [0.25, 0.3) is 0 Å². The lowest BCUT2D eigenvalue weighted by Crippen LogP contribution is -2.29. The number of nitrogens with one attached hydrogen (secondary N) is 2. The molecule has 0 fully saturated rings. The van der Waals surface area contributed by atoms with Gasteiger partial charge in [0.15, 0.2) is 5.82 Å². The van der Waals surface area contributed by atoms with Gasteiger partial charge in [0.1, 0.15) is 0 Å². The lowest BCUT2D eigenvalue weighted by molar-refractivity contribution is -0.177. The Hall–Kier alpha value is -1.24. The maximum atomic E-state index is 12.7. The van der Waals surface area contributed by atoms with Gasteiger partial charge in [0, 0.05) is 24.9 Å². The molecule has 18 heavy (non-hydrogen) atoms. The number of aromatic amines is 1. The molecular weight excluding hydrogens is 247 g/mol. The van der Waals surface area contributed by atoms with Crippen LogP contribution in [0.2, 0.25) is 0 Å². The summed E-state index contributed by atoms with van der Waals surface area (Å²) in [7, 11) is 1.57. The highest BCUT2D eigenvalue weighted by Gasteiger charge is 2.42. The third-order valence-electron chi connectivity index (χ3n) is 3.21. The standard InChI is InChI=1S/C11H16F3N3O/c1-18-5-4-15-10-8-6-7(11(12,13)14)2-3-9(8)16-17-10/h7H,2-6H2,1H3,(H2,15,16,17). The largest absolute Gasteiger partial charge is 0.392 e. The number of hydrogen-bond donors (Lipinski definition) is 2. The maximum absolute atomic E-state index is 12.7. The van der Waals surface area contributed by atoms with E-state index >= 15 is 0 Å². The zero-order valence-electron chi connectivity index (χ0n) is 10.1. The summed E-state index contributed by atoms with van der Waals surface area (Å²) < 4.78 is 43.0. The van der Waals surface area contributed by atoms with Crippen molar-refractivity contribution in [1.29, 1.82) is 0 Å². The van der Waals surface area contributed by atoms with Crippen molar-refractivity contribution in [3.8, 4) is 0 Å². The number of anilines is 1. The molecule has 0 radical (unpaired) electrons. The fraction of sp³-hybridized carbons (Fsp3) is 0.727. The minimum Gasteiger partial charge on any atom is -0.383 e. The summed E-state index contributed by atoms with van der Waals surface area (Å²) >= 11 is 0. The summed E-state index contributed by atoms with van der Waals surface area (Å²) in [6, 6.07) is 0. The van der Waals surface area contributed by atoms with Crippen molar-refractivity contribution >= 4 is 5.82 Å². The van der Waals surface area contributed by atoms with Crippen LogP contribution in [0.25, 0.3) is 0 Å². The van der Waals surface area contributed by atoms with Crippen LogP contribution in [0, 0.1) is 5.92 Å². The highest BCUT2D eigenvalue weighted by atomic mass is 19.4. The SMILES string of the molecule is COCCNc1n[nH]c2c1CC(C(F)(F)F)CC2. The normalized spacial score (nSPS) is 19.7. The third-order valence-corrected chi connectivity index (χ3v) is 3.21. The Morgan fingerprint density at radius 2 is 2.28 bits per heavy atom. The fourth-order valence-electron chi connectivity index (χ4n) is 2.19. The van der Waals surface area contributed by atoms with E-state index < -0.39 is 12.1 Å². The number of H-pyrrole nitrogens is 1. The van der Waals surface area contributed by atoms with Crippen molar-refractivity contribution in [2.24, 2.45) is 5.92 Å². The van der Waals surface area contributed by atoms with Crippen molar-refractivity contribution in [1.82, 2.24) is 10.2 Å². The average Bonchev–Trinajstić information content (AvgIpc) is 2.71. The molecule has 0 saturated heterocycles. The Morgan fingerprint density at radius 1 is 1.50 bits per heavy atom. The van der Waals surface area contributed by atoms with E-state index in [0.29, 0.717) is 31.0 Å². The van der Waals surface area contributed by atoms with Crippen molar-refractivity contribution in [2.45, 2.75) is 25.4 Å². The van der Waals surface area contributed by atoms with Gasteiger partial charge < -0.3 is 10.1 Å². The maximum Gasteiger partial charge on any atom is 0.392 e. The summed E-state index contributed by atoms with van der Waals surface area (Å²) in [5.74, 6) is -0.735. The first kappa shape index (κ1) is 13.2. The number of nitrogens with zero attached hydrogens (tertiary/aromatic N) is 1. The zero-order valence-corrected chi connectivity index (χ0v) is 10.1. The molecule has 0 aliphatic heterocycles. The number of fused-ring (bicyclic) bond motifs is 1. The van der Waals surface area contributed by atoms with E-state index in [9.17, 15) is 13.2 Å². The summed E-state index contributed by atoms with van der Waals surface area (Å²) in [5.41, 5.74) is 1.48. The van der Waals surface area contributed by atoms with Gasteiger partial charge >= 0.3 is 6.18 Å². The van der Waals surface area contributed by atoms with Crippen molar-refractivity contribution in [2.75, 3.05) is 25.6 Å². The number of halogens is 3. The van der Waals surface area contributed by atoms with E-state index in [-0.39, 0.29) is 12.8 Å². The van der Waals surface area contributed by atoms with E-state index in [0.717, 1.165) is 5.69 Å². The van der Waals surface area contributed by atoms with Crippen molar-refractivity contribution in [3.63, 3.8) is 0 Å². The number of aromatic nitrogens is 2. The Bertz CT molecular complexity index is 403. The first-order valence-corrected chi connectivity index (χ1v) is 5.88. The number of alkyl halides is 3. The van der Waals surface area contributed by atoms with Gasteiger partial charge in [-0.1, -0.05) is 0 Å². The molecule has 1 aromatic heterocycles. The number of aryl methyl sites for hydroxylation is 1. The summed E-state index contributed by atoms with van der Waals surface area (Å²) in [6.45, 7) is 1.02. The smallest absolute Gasteiger partial charge is 0.383 e. The minimum atomic E-state index is -4.13. The molecule has 1 heterocycles. The van der Waals surface area contributed by atoms with E-state index in [1.807, 2.05) is 0 Å². The molecule has 0 spiro atoms. The molecule has 0 bridgehead atoms.